The van der Waals surface area contributed by atoms with Crippen LogP contribution in [0, 0.1) is 6.92 Å². The molecule has 150 valence electrons. The fourth-order valence-electron chi connectivity index (χ4n) is 3.80. The predicted octanol–water partition coefficient (Wildman–Crippen LogP) is 3.45. The second kappa shape index (κ2) is 8.31. The Labute approximate surface area is 174 Å². The molecule has 29 heavy (non-hydrogen) atoms. The van der Waals surface area contributed by atoms with Gasteiger partial charge in [-0.15, -0.1) is 11.3 Å². The van der Waals surface area contributed by atoms with Crippen molar-refractivity contribution in [1.29, 1.82) is 0 Å². The lowest BCUT2D eigenvalue weighted by atomic mass is 10.0. The van der Waals surface area contributed by atoms with Crippen molar-refractivity contribution in [2.75, 3.05) is 23.7 Å². The summed E-state index contributed by atoms with van der Waals surface area (Å²) in [6, 6.07) is 7.80. The standard InChI is InChI=1S/C22H25N5OS/c1-14-7-10-29-22(14)18-5-4-17(24)21(26-18)20(28)11-15-12-25-8-6-19(15)27-9-2-3-16(23)13-27/h4-8,10,12,16H,2-3,9,11,13,23-24H2,1H3/t16-/m0/s1. The summed E-state index contributed by atoms with van der Waals surface area (Å²) in [5.74, 6) is -0.103. The molecule has 0 spiro atoms. The van der Waals surface area contributed by atoms with Gasteiger partial charge in [0.1, 0.15) is 5.69 Å². The first-order chi connectivity index (χ1) is 14.0. The summed E-state index contributed by atoms with van der Waals surface area (Å²) < 4.78 is 0. The molecule has 3 aromatic heterocycles. The van der Waals surface area contributed by atoms with E-state index >= 15 is 0 Å². The molecule has 0 bridgehead atoms. The number of nitrogens with two attached hydrogens (primary N) is 2. The number of nitrogens with zero attached hydrogens (tertiary/aromatic N) is 3. The van der Waals surface area contributed by atoms with Gasteiger partial charge in [-0.3, -0.25) is 9.78 Å². The van der Waals surface area contributed by atoms with Gasteiger partial charge in [-0.05, 0) is 55.0 Å². The molecule has 0 aromatic carbocycles. The minimum absolute atomic E-state index is 0.103. The Morgan fingerprint density at radius 1 is 1.31 bits per heavy atom. The van der Waals surface area contributed by atoms with Crippen LogP contribution in [0.4, 0.5) is 11.4 Å². The number of carbonyl (C=O) groups is 1. The third-order valence-corrected chi connectivity index (χ3v) is 6.35. The van der Waals surface area contributed by atoms with Gasteiger partial charge in [0.2, 0.25) is 0 Å². The number of ketones is 1. The van der Waals surface area contributed by atoms with Gasteiger partial charge in [-0.25, -0.2) is 4.98 Å². The fraction of sp³-hybridized carbons (Fsp3) is 0.318. The molecule has 1 aliphatic heterocycles. The second-order valence-corrected chi connectivity index (χ2v) is 8.44. The number of hydrogen-bond acceptors (Lipinski definition) is 7. The number of nitrogen functional groups attached to an aromatic ring is 1. The summed E-state index contributed by atoms with van der Waals surface area (Å²) in [5, 5.41) is 2.02. The van der Waals surface area contributed by atoms with Gasteiger partial charge in [0.15, 0.2) is 5.78 Å². The van der Waals surface area contributed by atoms with Crippen molar-refractivity contribution >= 4 is 28.5 Å². The Morgan fingerprint density at radius 2 is 2.17 bits per heavy atom. The van der Waals surface area contributed by atoms with Gasteiger partial charge >= 0.3 is 0 Å². The minimum Gasteiger partial charge on any atom is -0.397 e. The van der Waals surface area contributed by atoms with Gasteiger partial charge in [0.25, 0.3) is 0 Å². The van der Waals surface area contributed by atoms with Crippen LogP contribution in [0.2, 0.25) is 0 Å². The predicted molar refractivity (Wildman–Crippen MR) is 118 cm³/mol. The molecule has 4 N–H and O–H groups in total. The van der Waals surface area contributed by atoms with Crippen molar-refractivity contribution in [1.82, 2.24) is 9.97 Å². The first-order valence-electron chi connectivity index (χ1n) is 9.80. The van der Waals surface area contributed by atoms with E-state index in [9.17, 15) is 4.79 Å². The molecule has 7 heteroatoms. The van der Waals surface area contributed by atoms with Gasteiger partial charge in [0.05, 0.1) is 16.3 Å². The fourth-order valence-corrected chi connectivity index (χ4v) is 4.70. The molecule has 0 saturated carbocycles. The number of rotatable bonds is 5. The number of Topliss-reactive ketones (excluding diaryl/α,β-unsaturated/α-hetero) is 1. The highest BCUT2D eigenvalue weighted by atomic mass is 32.1. The van der Waals surface area contributed by atoms with Gasteiger partial charge in [-0.1, -0.05) is 0 Å². The van der Waals surface area contributed by atoms with Crippen molar-refractivity contribution in [2.24, 2.45) is 5.73 Å². The summed E-state index contributed by atoms with van der Waals surface area (Å²) in [6.45, 7) is 3.77. The minimum atomic E-state index is -0.103. The number of thiophene rings is 1. The summed E-state index contributed by atoms with van der Waals surface area (Å²) in [7, 11) is 0. The third-order valence-electron chi connectivity index (χ3n) is 5.31. The molecule has 0 aliphatic carbocycles. The SMILES string of the molecule is Cc1ccsc1-c1ccc(N)c(C(=O)Cc2cnccc2N2CCC[C@H](N)C2)n1. The maximum absolute atomic E-state index is 13.1. The molecule has 1 atom stereocenters. The summed E-state index contributed by atoms with van der Waals surface area (Å²) in [4.78, 5) is 25.3. The van der Waals surface area contributed by atoms with Crippen LogP contribution in [0.1, 0.15) is 34.5 Å². The van der Waals surface area contributed by atoms with Crippen LogP contribution in [-0.4, -0.2) is 34.9 Å². The average molecular weight is 408 g/mol. The molecule has 1 fully saturated rings. The number of pyridine rings is 2. The quantitative estimate of drug-likeness (QED) is 0.629. The number of anilines is 2. The summed E-state index contributed by atoms with van der Waals surface area (Å²) >= 11 is 1.61. The lowest BCUT2D eigenvalue weighted by molar-refractivity contribution is 0.0989. The van der Waals surface area contributed by atoms with Gasteiger partial charge < -0.3 is 16.4 Å². The Hall–Kier alpha value is -2.77. The van der Waals surface area contributed by atoms with Crippen LogP contribution < -0.4 is 16.4 Å². The Bertz CT molecular complexity index is 1030. The van der Waals surface area contributed by atoms with Crippen LogP contribution in [0.5, 0.6) is 0 Å². The van der Waals surface area contributed by atoms with Crippen molar-refractivity contribution in [3.05, 3.63) is 58.9 Å². The first kappa shape index (κ1) is 19.5. The Morgan fingerprint density at radius 3 is 2.93 bits per heavy atom. The molecule has 1 aliphatic rings. The van der Waals surface area contributed by atoms with E-state index < -0.39 is 0 Å². The van der Waals surface area contributed by atoms with Crippen LogP contribution >= 0.6 is 11.3 Å². The van der Waals surface area contributed by atoms with Crippen molar-refractivity contribution in [2.45, 2.75) is 32.2 Å². The Kier molecular flexibility index (Phi) is 5.60. The number of hydrogen-bond donors (Lipinski definition) is 2. The van der Waals surface area contributed by atoms with Crippen LogP contribution in [0.3, 0.4) is 0 Å². The molecular weight excluding hydrogens is 382 g/mol. The van der Waals surface area contributed by atoms with Crippen LogP contribution in [0.15, 0.2) is 42.0 Å². The van der Waals surface area contributed by atoms with Crippen molar-refractivity contribution in [3.63, 3.8) is 0 Å². The number of aryl methyl sites for hydroxylation is 1. The zero-order valence-corrected chi connectivity index (χ0v) is 17.3. The lowest BCUT2D eigenvalue weighted by Crippen LogP contribution is -2.43. The van der Waals surface area contributed by atoms with E-state index in [0.29, 0.717) is 11.4 Å². The highest BCUT2D eigenvalue weighted by Crippen LogP contribution is 2.30. The van der Waals surface area contributed by atoms with Gasteiger partial charge in [-0.2, -0.15) is 0 Å². The molecule has 0 amide bonds. The molecule has 4 heterocycles. The van der Waals surface area contributed by atoms with E-state index in [1.807, 2.05) is 30.5 Å². The molecule has 6 nitrogen and oxygen atoms in total. The summed E-state index contributed by atoms with van der Waals surface area (Å²) in [5.41, 5.74) is 16.8. The zero-order chi connectivity index (χ0) is 20.4. The summed E-state index contributed by atoms with van der Waals surface area (Å²) in [6.07, 6.45) is 5.81. The van der Waals surface area contributed by atoms with E-state index in [2.05, 4.69) is 14.9 Å². The highest BCUT2D eigenvalue weighted by molar-refractivity contribution is 7.13. The highest BCUT2D eigenvalue weighted by Gasteiger charge is 2.22. The molecular formula is C22H25N5OS. The maximum Gasteiger partial charge on any atom is 0.187 e. The Balaban J connectivity index is 1.61. The van der Waals surface area contributed by atoms with E-state index in [-0.39, 0.29) is 18.2 Å². The van der Waals surface area contributed by atoms with E-state index in [1.54, 1.807) is 29.8 Å². The molecule has 0 radical (unpaired) electrons. The number of aromatic nitrogens is 2. The van der Waals surface area contributed by atoms with Crippen LogP contribution in [0.25, 0.3) is 10.6 Å². The topological polar surface area (TPSA) is 98.1 Å². The van der Waals surface area contributed by atoms with E-state index in [4.69, 9.17) is 11.5 Å². The van der Waals surface area contributed by atoms with E-state index in [0.717, 1.165) is 53.3 Å². The maximum atomic E-state index is 13.1. The smallest absolute Gasteiger partial charge is 0.187 e. The lowest BCUT2D eigenvalue weighted by Gasteiger charge is -2.33. The third kappa shape index (κ3) is 4.16. The first-order valence-corrected chi connectivity index (χ1v) is 10.7. The molecule has 4 rings (SSSR count). The number of carbonyl (C=O) groups excluding carboxylic acids is 1. The monoisotopic (exact) mass is 407 g/mol. The zero-order valence-electron chi connectivity index (χ0n) is 16.5. The second-order valence-electron chi connectivity index (χ2n) is 7.52. The van der Waals surface area contributed by atoms with Gasteiger partial charge in [0, 0.05) is 49.2 Å². The van der Waals surface area contributed by atoms with Crippen LogP contribution in [-0.2, 0) is 6.42 Å². The normalized spacial score (nSPS) is 16.8. The number of piperidine rings is 1. The van der Waals surface area contributed by atoms with Crippen molar-refractivity contribution in [3.8, 4) is 10.6 Å². The molecule has 3 aromatic rings. The van der Waals surface area contributed by atoms with E-state index in [1.165, 1.54) is 0 Å². The van der Waals surface area contributed by atoms with Crippen molar-refractivity contribution < 1.29 is 4.79 Å². The molecule has 0 unspecified atom stereocenters. The largest absolute Gasteiger partial charge is 0.397 e. The molecule has 1 saturated heterocycles. The average Bonchev–Trinajstić information content (AvgIpc) is 3.14.